The highest BCUT2D eigenvalue weighted by Gasteiger charge is 2.29. The highest BCUT2D eigenvalue weighted by molar-refractivity contribution is 7.91. The quantitative estimate of drug-likeness (QED) is 0.786. The Morgan fingerprint density at radius 3 is 2.58 bits per heavy atom. The molecule has 19 heavy (non-hydrogen) atoms. The first kappa shape index (κ1) is 14.2. The van der Waals surface area contributed by atoms with Gasteiger partial charge in [-0.1, -0.05) is 0 Å². The number of nitrogens with zero attached hydrogens (tertiary/aromatic N) is 2. The standard InChI is InChI=1S/C10H15N3O4S2/c11-10-3-2-9(8-12-10)19(16,17)13-4-1-6-18(14,15)7-5-13/h2-3,8H,1,4-7H2,(H2,11,12). The van der Waals surface area contributed by atoms with Gasteiger partial charge in [0.25, 0.3) is 0 Å². The van der Waals surface area contributed by atoms with E-state index in [2.05, 4.69) is 4.98 Å². The Kier molecular flexibility index (Phi) is 3.79. The summed E-state index contributed by atoms with van der Waals surface area (Å²) in [4.78, 5) is 3.77. The summed E-state index contributed by atoms with van der Waals surface area (Å²) in [6.07, 6.45) is 1.49. The number of nitrogens with two attached hydrogens (primary N) is 1. The van der Waals surface area contributed by atoms with Crippen LogP contribution < -0.4 is 5.73 Å². The Morgan fingerprint density at radius 1 is 1.21 bits per heavy atom. The van der Waals surface area contributed by atoms with E-state index in [0.29, 0.717) is 6.42 Å². The molecule has 9 heteroatoms. The summed E-state index contributed by atoms with van der Waals surface area (Å²) < 4.78 is 48.8. The van der Waals surface area contributed by atoms with Crippen molar-refractivity contribution in [1.29, 1.82) is 0 Å². The molecule has 0 aromatic carbocycles. The number of hydrogen-bond donors (Lipinski definition) is 1. The molecule has 7 nitrogen and oxygen atoms in total. The summed E-state index contributed by atoms with van der Waals surface area (Å²) in [5.74, 6) is 0.116. The molecule has 1 saturated heterocycles. The van der Waals surface area contributed by atoms with Crippen molar-refractivity contribution in [3.05, 3.63) is 18.3 Å². The van der Waals surface area contributed by atoms with E-state index in [-0.39, 0.29) is 35.3 Å². The van der Waals surface area contributed by atoms with Gasteiger partial charge in [0.15, 0.2) is 9.84 Å². The Morgan fingerprint density at radius 2 is 1.95 bits per heavy atom. The maximum atomic E-state index is 12.3. The molecule has 0 atom stereocenters. The molecule has 0 saturated carbocycles. The first-order chi connectivity index (χ1) is 8.81. The van der Waals surface area contributed by atoms with Crippen molar-refractivity contribution < 1.29 is 16.8 Å². The lowest BCUT2D eigenvalue weighted by atomic mass is 10.5. The van der Waals surface area contributed by atoms with Gasteiger partial charge < -0.3 is 5.73 Å². The second-order valence-electron chi connectivity index (χ2n) is 4.33. The van der Waals surface area contributed by atoms with Crippen LogP contribution in [-0.4, -0.2) is 50.7 Å². The van der Waals surface area contributed by atoms with Crippen molar-refractivity contribution in [1.82, 2.24) is 9.29 Å². The van der Waals surface area contributed by atoms with Gasteiger partial charge in [-0.05, 0) is 18.6 Å². The van der Waals surface area contributed by atoms with E-state index in [1.54, 1.807) is 0 Å². The molecule has 0 aliphatic carbocycles. The van der Waals surface area contributed by atoms with E-state index in [9.17, 15) is 16.8 Å². The highest BCUT2D eigenvalue weighted by atomic mass is 32.2. The van der Waals surface area contributed by atoms with Gasteiger partial charge in [0.05, 0.1) is 11.5 Å². The van der Waals surface area contributed by atoms with Crippen molar-refractivity contribution in [3.8, 4) is 0 Å². The number of sulfonamides is 1. The third kappa shape index (κ3) is 3.23. The van der Waals surface area contributed by atoms with Crippen LogP contribution in [-0.2, 0) is 19.9 Å². The summed E-state index contributed by atoms with van der Waals surface area (Å²) in [6.45, 7) is 0.182. The van der Waals surface area contributed by atoms with Gasteiger partial charge in [0.2, 0.25) is 10.0 Å². The maximum Gasteiger partial charge on any atom is 0.244 e. The molecule has 0 bridgehead atoms. The Balaban J connectivity index is 2.27. The second kappa shape index (κ2) is 5.06. The topological polar surface area (TPSA) is 110 Å². The number of hydrogen-bond acceptors (Lipinski definition) is 6. The molecule has 0 amide bonds. The zero-order valence-electron chi connectivity index (χ0n) is 10.2. The van der Waals surface area contributed by atoms with Crippen molar-refractivity contribution >= 4 is 25.7 Å². The third-order valence-corrected chi connectivity index (χ3v) is 6.51. The molecule has 0 spiro atoms. The SMILES string of the molecule is Nc1ccc(S(=O)(=O)N2CCCS(=O)(=O)CC2)cn1. The van der Waals surface area contributed by atoms with Crippen LogP contribution in [0.2, 0.25) is 0 Å². The van der Waals surface area contributed by atoms with E-state index < -0.39 is 19.9 Å². The minimum Gasteiger partial charge on any atom is -0.384 e. The normalized spacial score (nSPS) is 20.8. The van der Waals surface area contributed by atoms with Crippen molar-refractivity contribution in [3.63, 3.8) is 0 Å². The van der Waals surface area contributed by atoms with Crippen molar-refractivity contribution in [2.75, 3.05) is 30.3 Å². The molecule has 1 aromatic heterocycles. The Labute approximate surface area is 112 Å². The van der Waals surface area contributed by atoms with Gasteiger partial charge in [-0.15, -0.1) is 0 Å². The number of anilines is 1. The zero-order valence-corrected chi connectivity index (χ0v) is 11.8. The predicted molar refractivity (Wildman–Crippen MR) is 70.7 cm³/mol. The summed E-state index contributed by atoms with van der Waals surface area (Å²) in [7, 11) is -6.84. The first-order valence-electron chi connectivity index (χ1n) is 5.73. The van der Waals surface area contributed by atoms with Gasteiger partial charge in [-0.25, -0.2) is 21.8 Å². The predicted octanol–water partition coefficient (Wildman–Crippen LogP) is -0.527. The number of nitrogen functional groups attached to an aromatic ring is 1. The molecule has 1 fully saturated rings. The molecule has 1 aliphatic heterocycles. The maximum absolute atomic E-state index is 12.3. The smallest absolute Gasteiger partial charge is 0.244 e. The summed E-state index contributed by atoms with van der Waals surface area (Å²) >= 11 is 0. The molecular formula is C10H15N3O4S2. The summed E-state index contributed by atoms with van der Waals surface area (Å²) in [6, 6.07) is 2.78. The molecule has 2 N–H and O–H groups in total. The van der Waals surface area contributed by atoms with Gasteiger partial charge in [0, 0.05) is 19.3 Å². The highest BCUT2D eigenvalue weighted by Crippen LogP contribution is 2.18. The molecule has 2 rings (SSSR count). The lowest BCUT2D eigenvalue weighted by molar-refractivity contribution is 0.434. The van der Waals surface area contributed by atoms with Crippen LogP contribution >= 0.6 is 0 Å². The molecule has 106 valence electrons. The van der Waals surface area contributed by atoms with Crippen LogP contribution in [0.4, 0.5) is 5.82 Å². The van der Waals surface area contributed by atoms with Gasteiger partial charge >= 0.3 is 0 Å². The fourth-order valence-corrected chi connectivity index (χ4v) is 4.66. The largest absolute Gasteiger partial charge is 0.384 e. The molecule has 0 unspecified atom stereocenters. The molecule has 2 heterocycles. The van der Waals surface area contributed by atoms with E-state index in [1.165, 1.54) is 22.6 Å². The Bertz CT molecular complexity index is 653. The average Bonchev–Trinajstić information content (AvgIpc) is 2.51. The molecule has 1 aromatic rings. The van der Waals surface area contributed by atoms with Crippen LogP contribution in [0.3, 0.4) is 0 Å². The summed E-state index contributed by atoms with van der Waals surface area (Å²) in [5.41, 5.74) is 5.41. The second-order valence-corrected chi connectivity index (χ2v) is 8.57. The summed E-state index contributed by atoms with van der Waals surface area (Å²) in [5, 5.41) is 0. The lowest BCUT2D eigenvalue weighted by Crippen LogP contribution is -2.33. The van der Waals surface area contributed by atoms with Crippen LogP contribution in [0.25, 0.3) is 0 Å². The van der Waals surface area contributed by atoms with Crippen LogP contribution in [0.15, 0.2) is 23.2 Å². The monoisotopic (exact) mass is 305 g/mol. The van der Waals surface area contributed by atoms with Crippen LogP contribution in [0, 0.1) is 0 Å². The van der Waals surface area contributed by atoms with Gasteiger partial charge in [0.1, 0.15) is 10.7 Å². The molecular weight excluding hydrogens is 290 g/mol. The van der Waals surface area contributed by atoms with E-state index in [4.69, 9.17) is 5.73 Å². The fraction of sp³-hybridized carbons (Fsp3) is 0.500. The number of rotatable bonds is 2. The van der Waals surface area contributed by atoms with E-state index in [1.807, 2.05) is 0 Å². The van der Waals surface area contributed by atoms with Crippen molar-refractivity contribution in [2.24, 2.45) is 0 Å². The van der Waals surface area contributed by atoms with E-state index in [0.717, 1.165) is 0 Å². The first-order valence-corrected chi connectivity index (χ1v) is 8.99. The third-order valence-electron chi connectivity index (χ3n) is 2.91. The molecule has 1 aliphatic rings. The van der Waals surface area contributed by atoms with Crippen LogP contribution in [0.1, 0.15) is 6.42 Å². The lowest BCUT2D eigenvalue weighted by Gasteiger charge is -2.19. The molecule has 0 radical (unpaired) electrons. The van der Waals surface area contributed by atoms with Crippen molar-refractivity contribution in [2.45, 2.75) is 11.3 Å². The fourth-order valence-electron chi connectivity index (χ4n) is 1.85. The minimum atomic E-state index is -3.70. The zero-order chi connectivity index (χ0) is 14.1. The van der Waals surface area contributed by atoms with Crippen LogP contribution in [0.5, 0.6) is 0 Å². The minimum absolute atomic E-state index is 0.0188. The number of sulfone groups is 1. The number of pyridine rings is 1. The van der Waals surface area contributed by atoms with E-state index >= 15 is 0 Å². The number of aromatic nitrogens is 1. The van der Waals surface area contributed by atoms with Gasteiger partial charge in [-0.3, -0.25) is 0 Å². The average molecular weight is 305 g/mol. The Hall–Kier alpha value is -1.19. The van der Waals surface area contributed by atoms with Gasteiger partial charge in [-0.2, -0.15) is 4.31 Å².